The van der Waals surface area contributed by atoms with E-state index >= 15 is 0 Å². The number of nitrogens with one attached hydrogen (secondary N) is 1. The first kappa shape index (κ1) is 23.6. The van der Waals surface area contributed by atoms with Gasteiger partial charge in [-0.05, 0) is 56.4 Å². The first-order valence-corrected chi connectivity index (χ1v) is 12.8. The van der Waals surface area contributed by atoms with Crippen LogP contribution in [0.3, 0.4) is 0 Å². The second-order valence-corrected chi connectivity index (χ2v) is 9.94. The highest BCUT2D eigenvalue weighted by Gasteiger charge is 2.50. The van der Waals surface area contributed by atoms with Gasteiger partial charge in [-0.3, -0.25) is 9.48 Å². The number of amides is 1. The summed E-state index contributed by atoms with van der Waals surface area (Å²) in [6.07, 6.45) is 5.39. The van der Waals surface area contributed by atoms with Gasteiger partial charge in [0.05, 0.1) is 28.9 Å². The number of nitrogen functional groups attached to an aromatic ring is 1. The maximum absolute atomic E-state index is 13.1. The molecule has 0 bridgehead atoms. The van der Waals surface area contributed by atoms with Crippen molar-refractivity contribution in [1.82, 2.24) is 29.7 Å². The number of carbonyl (C=O) groups excluding carboxylic acids is 1. The van der Waals surface area contributed by atoms with Gasteiger partial charge in [0.2, 0.25) is 5.91 Å². The maximum atomic E-state index is 13.1. The van der Waals surface area contributed by atoms with Crippen molar-refractivity contribution in [2.24, 2.45) is 0 Å². The number of likely N-dealkylation sites (N-methyl/N-ethyl adjacent to an activating group) is 1. The molecule has 1 saturated carbocycles. The van der Waals surface area contributed by atoms with E-state index in [4.69, 9.17) is 10.5 Å². The first-order valence-electron chi connectivity index (χ1n) is 12.8. The van der Waals surface area contributed by atoms with Crippen molar-refractivity contribution in [3.05, 3.63) is 54.5 Å². The van der Waals surface area contributed by atoms with E-state index in [2.05, 4.69) is 31.2 Å². The van der Waals surface area contributed by atoms with Crippen LogP contribution in [0.2, 0.25) is 0 Å². The maximum Gasteiger partial charge on any atom is 0.230 e. The van der Waals surface area contributed by atoms with Gasteiger partial charge in [0.15, 0.2) is 5.82 Å². The van der Waals surface area contributed by atoms with Crippen molar-refractivity contribution in [1.29, 1.82) is 0 Å². The minimum absolute atomic E-state index is 0.0508. The summed E-state index contributed by atoms with van der Waals surface area (Å²) in [6, 6.07) is 12.3. The van der Waals surface area contributed by atoms with Crippen molar-refractivity contribution in [2.75, 3.05) is 25.5 Å². The van der Waals surface area contributed by atoms with E-state index in [1.54, 1.807) is 0 Å². The van der Waals surface area contributed by atoms with Gasteiger partial charge >= 0.3 is 0 Å². The SMILES string of the molecule is CCNC(=O)[C@]1(c2cccc(-c3cc(-c4ccnn4C4CCOCC4)c4c(N)ncnn34)c2)C[C@H](O)C1. The van der Waals surface area contributed by atoms with Gasteiger partial charge in [0.25, 0.3) is 0 Å². The van der Waals surface area contributed by atoms with E-state index < -0.39 is 11.5 Å². The summed E-state index contributed by atoms with van der Waals surface area (Å²) >= 11 is 0. The lowest BCUT2D eigenvalue weighted by Gasteiger charge is -2.44. The highest BCUT2D eigenvalue weighted by molar-refractivity contribution is 5.92. The van der Waals surface area contributed by atoms with Crippen LogP contribution >= 0.6 is 0 Å². The van der Waals surface area contributed by atoms with Gasteiger partial charge in [-0.1, -0.05) is 18.2 Å². The Balaban J connectivity index is 1.47. The Hall–Kier alpha value is -3.76. The molecule has 0 unspecified atom stereocenters. The normalized spacial score (nSPS) is 22.2. The van der Waals surface area contributed by atoms with Crippen molar-refractivity contribution in [2.45, 2.75) is 50.2 Å². The number of carbonyl (C=O) groups is 1. The number of rotatable bonds is 6. The van der Waals surface area contributed by atoms with Gasteiger partial charge in [0, 0.05) is 37.1 Å². The van der Waals surface area contributed by atoms with E-state index in [0.29, 0.717) is 43.9 Å². The predicted octanol–water partition coefficient (Wildman–Crippen LogP) is 2.72. The van der Waals surface area contributed by atoms with Gasteiger partial charge in [-0.25, -0.2) is 9.50 Å². The Labute approximate surface area is 214 Å². The van der Waals surface area contributed by atoms with Crippen LogP contribution in [0, 0.1) is 0 Å². The molecule has 10 nitrogen and oxygen atoms in total. The molecule has 0 atom stereocenters. The van der Waals surface area contributed by atoms with E-state index in [0.717, 1.165) is 40.9 Å². The second kappa shape index (κ2) is 9.28. The summed E-state index contributed by atoms with van der Waals surface area (Å²) in [5.41, 5.74) is 10.9. The van der Waals surface area contributed by atoms with Crippen LogP contribution in [0.25, 0.3) is 28.0 Å². The number of aliphatic hydroxyl groups is 1. The molecular formula is C27H31N7O3. The fraction of sp³-hybridized carbons (Fsp3) is 0.407. The van der Waals surface area contributed by atoms with Crippen LogP contribution in [0.5, 0.6) is 0 Å². The van der Waals surface area contributed by atoms with Crippen LogP contribution in [-0.2, 0) is 14.9 Å². The van der Waals surface area contributed by atoms with Crippen molar-refractivity contribution >= 4 is 17.2 Å². The number of fused-ring (bicyclic) bond motifs is 1. The molecule has 2 aliphatic rings. The standard InChI is InChI=1S/C27H31N7O3/c1-2-29-26(36)27(14-20(35)15-27)18-5-3-4-17(12-18)23-13-21(24-25(28)30-16-32-34(23)24)22-6-9-31-33(22)19-7-10-37-11-8-19/h3-6,9,12-13,16,19-20,35H,2,7-8,10-11,14-15H2,1H3,(H,29,36)(H2,28,30,32)/t20-,27+. The highest BCUT2D eigenvalue weighted by atomic mass is 16.5. The molecule has 1 aliphatic carbocycles. The topological polar surface area (TPSA) is 133 Å². The Kier molecular flexibility index (Phi) is 5.92. The number of benzene rings is 1. The molecular weight excluding hydrogens is 470 g/mol. The molecule has 1 amide bonds. The lowest BCUT2D eigenvalue weighted by atomic mass is 9.62. The van der Waals surface area contributed by atoms with E-state index in [1.807, 2.05) is 48.0 Å². The van der Waals surface area contributed by atoms with E-state index in [1.165, 1.54) is 6.33 Å². The molecule has 3 aromatic heterocycles. The fourth-order valence-electron chi connectivity index (χ4n) is 5.82. The average Bonchev–Trinajstić information content (AvgIpc) is 3.53. The zero-order chi connectivity index (χ0) is 25.6. The molecule has 0 spiro atoms. The smallest absolute Gasteiger partial charge is 0.230 e. The minimum Gasteiger partial charge on any atom is -0.393 e. The van der Waals surface area contributed by atoms with Gasteiger partial charge < -0.3 is 20.9 Å². The highest BCUT2D eigenvalue weighted by Crippen LogP contribution is 2.45. The molecule has 4 aromatic rings. The molecule has 1 aliphatic heterocycles. The summed E-state index contributed by atoms with van der Waals surface area (Å²) in [5.74, 6) is 0.332. The molecule has 1 aromatic carbocycles. The second-order valence-electron chi connectivity index (χ2n) is 9.94. The Morgan fingerprint density at radius 3 is 2.76 bits per heavy atom. The number of anilines is 1. The Morgan fingerprint density at radius 1 is 1.19 bits per heavy atom. The summed E-state index contributed by atoms with van der Waals surface area (Å²) in [7, 11) is 0. The van der Waals surface area contributed by atoms with Crippen LogP contribution in [0.15, 0.2) is 48.9 Å². The third kappa shape index (κ3) is 3.87. The van der Waals surface area contributed by atoms with Gasteiger partial charge in [-0.15, -0.1) is 0 Å². The number of ether oxygens (including phenoxy) is 1. The minimum atomic E-state index is -0.739. The molecule has 6 rings (SSSR count). The number of nitrogens with zero attached hydrogens (tertiary/aromatic N) is 5. The summed E-state index contributed by atoms with van der Waals surface area (Å²) in [4.78, 5) is 17.3. The molecule has 4 N–H and O–H groups in total. The molecule has 1 saturated heterocycles. The lowest BCUT2D eigenvalue weighted by molar-refractivity contribution is -0.135. The van der Waals surface area contributed by atoms with Crippen LogP contribution in [-0.4, -0.2) is 61.3 Å². The fourth-order valence-corrected chi connectivity index (χ4v) is 5.82. The first-order chi connectivity index (χ1) is 18.0. The quantitative estimate of drug-likeness (QED) is 0.370. The lowest BCUT2D eigenvalue weighted by Crippen LogP contribution is -2.55. The largest absolute Gasteiger partial charge is 0.393 e. The Bertz CT molecular complexity index is 1450. The predicted molar refractivity (Wildman–Crippen MR) is 139 cm³/mol. The Morgan fingerprint density at radius 2 is 2.00 bits per heavy atom. The summed E-state index contributed by atoms with van der Waals surface area (Å²) < 4.78 is 9.43. The van der Waals surface area contributed by atoms with Gasteiger partial charge in [-0.2, -0.15) is 10.2 Å². The molecule has 10 heteroatoms. The third-order valence-electron chi connectivity index (χ3n) is 7.72. The molecule has 37 heavy (non-hydrogen) atoms. The number of aliphatic hydroxyl groups excluding tert-OH is 1. The summed E-state index contributed by atoms with van der Waals surface area (Å²) in [5, 5.41) is 22.3. The van der Waals surface area contributed by atoms with Crippen molar-refractivity contribution < 1.29 is 14.6 Å². The van der Waals surface area contributed by atoms with Crippen molar-refractivity contribution in [3.63, 3.8) is 0 Å². The molecule has 4 heterocycles. The van der Waals surface area contributed by atoms with Crippen molar-refractivity contribution in [3.8, 4) is 22.5 Å². The number of aromatic nitrogens is 5. The molecule has 2 fully saturated rings. The average molecular weight is 502 g/mol. The zero-order valence-electron chi connectivity index (χ0n) is 20.8. The van der Waals surface area contributed by atoms with Crippen LogP contribution in [0.4, 0.5) is 5.82 Å². The zero-order valence-corrected chi connectivity index (χ0v) is 20.8. The van der Waals surface area contributed by atoms with Gasteiger partial charge in [0.1, 0.15) is 11.8 Å². The third-order valence-corrected chi connectivity index (χ3v) is 7.72. The van der Waals surface area contributed by atoms with E-state index in [9.17, 15) is 9.90 Å². The number of hydrogen-bond donors (Lipinski definition) is 3. The molecule has 0 radical (unpaired) electrons. The van der Waals surface area contributed by atoms with Crippen LogP contribution in [0.1, 0.15) is 44.2 Å². The number of nitrogens with two attached hydrogens (primary N) is 1. The monoisotopic (exact) mass is 501 g/mol. The van der Waals surface area contributed by atoms with E-state index in [-0.39, 0.29) is 11.9 Å². The summed E-state index contributed by atoms with van der Waals surface area (Å²) in [6.45, 7) is 3.87. The van der Waals surface area contributed by atoms with Crippen LogP contribution < -0.4 is 11.1 Å². The molecule has 192 valence electrons. The number of hydrogen-bond acceptors (Lipinski definition) is 7.